The molecule has 1 unspecified atom stereocenters. The zero-order valence-electron chi connectivity index (χ0n) is 10.4. The van der Waals surface area contributed by atoms with Crippen molar-refractivity contribution in [3.05, 3.63) is 29.8 Å². The lowest BCUT2D eigenvalue weighted by atomic mass is 10.1. The number of rotatable bonds is 5. The van der Waals surface area contributed by atoms with Gasteiger partial charge in [-0.3, -0.25) is 9.59 Å². The molecule has 0 saturated carbocycles. The van der Waals surface area contributed by atoms with E-state index in [-0.39, 0.29) is 11.7 Å². The Morgan fingerprint density at radius 3 is 2.67 bits per heavy atom. The lowest BCUT2D eigenvalue weighted by Crippen LogP contribution is -2.30. The number of amides is 1. The molecule has 3 nitrogen and oxygen atoms in total. The van der Waals surface area contributed by atoms with Crippen LogP contribution in [0.4, 0.5) is 5.69 Å². The van der Waals surface area contributed by atoms with Gasteiger partial charge in [-0.05, 0) is 25.0 Å². The number of carbonyl (C=O) groups is 2. The van der Waals surface area contributed by atoms with Crippen LogP contribution in [0.15, 0.2) is 24.3 Å². The highest BCUT2D eigenvalue weighted by Gasteiger charge is 2.34. The minimum absolute atomic E-state index is 0.376. The molecule has 1 aromatic carbocycles. The van der Waals surface area contributed by atoms with Gasteiger partial charge in [-0.2, -0.15) is 0 Å². The highest BCUT2D eigenvalue weighted by molar-refractivity contribution is 9.09. The smallest absolute Gasteiger partial charge is 0.299 e. The standard InChI is InChI=1S/C14H16BrNO2/c1-10(15)6-4-5-9-16-12-8-3-2-7-11(12)13(17)14(16)18/h2-3,7-8,10H,4-6,9H2,1H3. The molecule has 0 fully saturated rings. The third kappa shape index (κ3) is 2.64. The van der Waals surface area contributed by atoms with Crippen LogP contribution < -0.4 is 4.90 Å². The van der Waals surface area contributed by atoms with Crippen molar-refractivity contribution in [1.29, 1.82) is 0 Å². The maximum Gasteiger partial charge on any atom is 0.299 e. The van der Waals surface area contributed by atoms with Gasteiger partial charge in [0.2, 0.25) is 0 Å². The van der Waals surface area contributed by atoms with Gasteiger partial charge in [-0.15, -0.1) is 0 Å². The van der Waals surface area contributed by atoms with Crippen LogP contribution in [0.2, 0.25) is 0 Å². The molecule has 1 atom stereocenters. The molecule has 0 aliphatic carbocycles. The minimum atomic E-state index is -0.386. The van der Waals surface area contributed by atoms with Crippen LogP contribution >= 0.6 is 15.9 Å². The van der Waals surface area contributed by atoms with Gasteiger partial charge in [0.1, 0.15) is 0 Å². The Labute approximate surface area is 115 Å². The third-order valence-corrected chi connectivity index (χ3v) is 3.57. The van der Waals surface area contributed by atoms with E-state index in [1.165, 1.54) is 0 Å². The zero-order chi connectivity index (χ0) is 13.1. The van der Waals surface area contributed by atoms with Crippen LogP contribution in [0.1, 0.15) is 36.5 Å². The summed E-state index contributed by atoms with van der Waals surface area (Å²) in [5, 5.41) is 0. The second-order valence-electron chi connectivity index (χ2n) is 4.58. The number of carbonyl (C=O) groups excluding carboxylic acids is 2. The molecule has 0 saturated heterocycles. The number of unbranched alkanes of at least 4 members (excludes halogenated alkanes) is 1. The number of halogens is 1. The number of fused-ring (bicyclic) bond motifs is 1. The summed E-state index contributed by atoms with van der Waals surface area (Å²) in [6.07, 6.45) is 3.05. The lowest BCUT2D eigenvalue weighted by molar-refractivity contribution is -0.114. The van der Waals surface area contributed by atoms with Crippen molar-refractivity contribution in [3.8, 4) is 0 Å². The minimum Gasteiger partial charge on any atom is -0.305 e. The zero-order valence-corrected chi connectivity index (χ0v) is 11.9. The fourth-order valence-corrected chi connectivity index (χ4v) is 2.49. The van der Waals surface area contributed by atoms with Crippen LogP contribution in [0.5, 0.6) is 0 Å². The second-order valence-corrected chi connectivity index (χ2v) is 6.14. The van der Waals surface area contributed by atoms with Crippen LogP contribution in [0, 0.1) is 0 Å². The van der Waals surface area contributed by atoms with E-state index in [9.17, 15) is 9.59 Å². The van der Waals surface area contributed by atoms with Crippen molar-refractivity contribution < 1.29 is 9.59 Å². The number of alkyl halides is 1. The average Bonchev–Trinajstić information content (AvgIpc) is 2.59. The van der Waals surface area contributed by atoms with Crippen LogP contribution in [-0.2, 0) is 4.79 Å². The van der Waals surface area contributed by atoms with Gasteiger partial charge in [0, 0.05) is 11.4 Å². The predicted octanol–water partition coefficient (Wildman–Crippen LogP) is 3.17. The molecule has 1 aliphatic rings. The molecule has 2 rings (SSSR count). The number of hydrogen-bond donors (Lipinski definition) is 0. The quantitative estimate of drug-likeness (QED) is 0.476. The highest BCUT2D eigenvalue weighted by Crippen LogP contribution is 2.28. The van der Waals surface area contributed by atoms with E-state index in [4.69, 9.17) is 0 Å². The van der Waals surface area contributed by atoms with Crippen molar-refractivity contribution in [2.75, 3.05) is 11.4 Å². The summed E-state index contributed by atoms with van der Waals surface area (Å²) in [7, 11) is 0. The number of Topliss-reactive ketones (excluding diaryl/α,β-unsaturated/α-hetero) is 1. The van der Waals surface area contributed by atoms with Gasteiger partial charge < -0.3 is 4.90 Å². The SMILES string of the molecule is CC(Br)CCCCN1C(=O)C(=O)c2ccccc21. The Morgan fingerprint density at radius 1 is 1.22 bits per heavy atom. The number of anilines is 1. The van der Waals surface area contributed by atoms with E-state index >= 15 is 0 Å². The molecular formula is C14H16BrNO2. The van der Waals surface area contributed by atoms with Crippen molar-refractivity contribution >= 4 is 33.3 Å². The van der Waals surface area contributed by atoms with Gasteiger partial charge >= 0.3 is 0 Å². The molecule has 1 heterocycles. The van der Waals surface area contributed by atoms with Crippen LogP contribution in [0.3, 0.4) is 0 Å². The number of hydrogen-bond acceptors (Lipinski definition) is 2. The van der Waals surface area contributed by atoms with Crippen molar-refractivity contribution in [3.63, 3.8) is 0 Å². The summed E-state index contributed by atoms with van der Waals surface area (Å²) < 4.78 is 0. The first-order valence-corrected chi connectivity index (χ1v) is 7.12. The number of nitrogens with zero attached hydrogens (tertiary/aromatic N) is 1. The summed E-state index contributed by atoms with van der Waals surface area (Å²) >= 11 is 3.50. The number of para-hydroxylation sites is 1. The normalized spacial score (nSPS) is 16.0. The maximum atomic E-state index is 11.9. The monoisotopic (exact) mass is 309 g/mol. The first kappa shape index (κ1) is 13.3. The Hall–Kier alpha value is -1.16. The van der Waals surface area contributed by atoms with Gasteiger partial charge in [0.15, 0.2) is 0 Å². The molecule has 18 heavy (non-hydrogen) atoms. The third-order valence-electron chi connectivity index (χ3n) is 3.11. The summed E-state index contributed by atoms with van der Waals surface area (Å²) in [5.41, 5.74) is 1.30. The molecule has 96 valence electrons. The summed E-state index contributed by atoms with van der Waals surface area (Å²) in [6.45, 7) is 2.74. The molecule has 0 bridgehead atoms. The molecule has 0 radical (unpaired) electrons. The Balaban J connectivity index is 2.01. The first-order chi connectivity index (χ1) is 8.61. The highest BCUT2D eigenvalue weighted by atomic mass is 79.9. The predicted molar refractivity (Wildman–Crippen MR) is 75.4 cm³/mol. The summed E-state index contributed by atoms with van der Waals surface area (Å²) in [4.78, 5) is 25.7. The van der Waals surface area contributed by atoms with E-state index in [2.05, 4.69) is 22.9 Å². The van der Waals surface area contributed by atoms with Crippen LogP contribution in [-0.4, -0.2) is 23.1 Å². The molecule has 1 aromatic rings. The molecule has 0 aromatic heterocycles. The number of benzene rings is 1. The maximum absolute atomic E-state index is 11.9. The van der Waals surface area contributed by atoms with E-state index in [0.717, 1.165) is 24.9 Å². The Bertz CT molecular complexity index is 471. The van der Waals surface area contributed by atoms with E-state index in [1.54, 1.807) is 17.0 Å². The van der Waals surface area contributed by atoms with Gasteiger partial charge in [-0.1, -0.05) is 41.4 Å². The fraction of sp³-hybridized carbons (Fsp3) is 0.429. The van der Waals surface area contributed by atoms with E-state index < -0.39 is 0 Å². The van der Waals surface area contributed by atoms with Crippen molar-refractivity contribution in [2.24, 2.45) is 0 Å². The second kappa shape index (κ2) is 5.65. The topological polar surface area (TPSA) is 37.4 Å². The molecule has 1 aliphatic heterocycles. The lowest BCUT2D eigenvalue weighted by Gasteiger charge is -2.16. The fourth-order valence-electron chi connectivity index (χ4n) is 2.17. The largest absolute Gasteiger partial charge is 0.305 e. The van der Waals surface area contributed by atoms with Crippen LogP contribution in [0.25, 0.3) is 0 Å². The Kier molecular flexibility index (Phi) is 4.17. The van der Waals surface area contributed by atoms with Gasteiger partial charge in [0.05, 0.1) is 11.3 Å². The number of ketones is 1. The van der Waals surface area contributed by atoms with Gasteiger partial charge in [-0.25, -0.2) is 0 Å². The molecule has 0 N–H and O–H groups in total. The summed E-state index contributed by atoms with van der Waals surface area (Å²) in [5.74, 6) is -0.762. The van der Waals surface area contributed by atoms with E-state index in [1.807, 2.05) is 12.1 Å². The van der Waals surface area contributed by atoms with Crippen molar-refractivity contribution in [1.82, 2.24) is 0 Å². The summed E-state index contributed by atoms with van der Waals surface area (Å²) in [6, 6.07) is 7.21. The Morgan fingerprint density at radius 2 is 1.94 bits per heavy atom. The molecule has 0 spiro atoms. The van der Waals surface area contributed by atoms with Gasteiger partial charge in [0.25, 0.3) is 11.7 Å². The van der Waals surface area contributed by atoms with Crippen molar-refractivity contribution in [2.45, 2.75) is 31.0 Å². The van der Waals surface area contributed by atoms with E-state index in [0.29, 0.717) is 16.9 Å². The average molecular weight is 310 g/mol. The first-order valence-electron chi connectivity index (χ1n) is 6.20. The molecule has 4 heteroatoms. The molecular weight excluding hydrogens is 294 g/mol. The molecule has 1 amide bonds.